The van der Waals surface area contributed by atoms with Crippen LogP contribution in [0.5, 0.6) is 0 Å². The molecule has 0 bridgehead atoms. The van der Waals surface area contributed by atoms with Crippen molar-refractivity contribution in [1.29, 1.82) is 0 Å². The summed E-state index contributed by atoms with van der Waals surface area (Å²) in [5.41, 5.74) is 2.00. The van der Waals surface area contributed by atoms with Crippen LogP contribution in [0.1, 0.15) is 12.5 Å². The van der Waals surface area contributed by atoms with Crippen molar-refractivity contribution in [3.63, 3.8) is 0 Å². The normalized spacial score (nSPS) is 12.0. The topological polar surface area (TPSA) is 79.2 Å². The van der Waals surface area contributed by atoms with Crippen molar-refractivity contribution in [2.45, 2.75) is 11.8 Å². The third-order valence-electron chi connectivity index (χ3n) is 3.43. The minimum Gasteiger partial charge on any atom is -0.393 e. The fraction of sp³-hybridized carbons (Fsp3) is 0.235. The summed E-state index contributed by atoms with van der Waals surface area (Å²) in [6.45, 7) is 1.81. The zero-order valence-corrected chi connectivity index (χ0v) is 14.4. The quantitative estimate of drug-likeness (QED) is 0.473. The van der Waals surface area contributed by atoms with E-state index in [-0.39, 0.29) is 18.1 Å². The highest BCUT2D eigenvalue weighted by Gasteiger charge is 2.20. The van der Waals surface area contributed by atoms with Crippen LogP contribution in [0, 0.1) is 0 Å². The average molecular weight is 348 g/mol. The lowest BCUT2D eigenvalue weighted by Gasteiger charge is -2.19. The van der Waals surface area contributed by atoms with Crippen molar-refractivity contribution in [2.75, 3.05) is 24.6 Å². The summed E-state index contributed by atoms with van der Waals surface area (Å²) in [6.07, 6.45) is 0. The summed E-state index contributed by atoms with van der Waals surface area (Å²) in [4.78, 5) is 5.16. The van der Waals surface area contributed by atoms with Crippen LogP contribution < -0.4 is 4.31 Å². The highest BCUT2D eigenvalue weighted by molar-refractivity contribution is 7.92. The molecule has 0 unspecified atom stereocenters. The van der Waals surface area contributed by atoms with Crippen molar-refractivity contribution in [3.8, 4) is 0 Å². The Kier molecular flexibility index (Phi) is 5.94. The van der Waals surface area contributed by atoms with Gasteiger partial charge in [-0.05, 0) is 36.8 Å². The van der Waals surface area contributed by atoms with Crippen molar-refractivity contribution in [2.24, 2.45) is 5.16 Å². The Morgan fingerprint density at radius 2 is 1.75 bits per heavy atom. The molecule has 6 nitrogen and oxygen atoms in total. The molecule has 2 aromatic carbocycles. The molecule has 0 aliphatic carbocycles. The molecule has 0 aromatic heterocycles. The number of sulfonamides is 1. The van der Waals surface area contributed by atoms with E-state index in [9.17, 15) is 8.42 Å². The first kappa shape index (κ1) is 18.0. The van der Waals surface area contributed by atoms with Crippen LogP contribution in [-0.2, 0) is 14.9 Å². The number of hydrogen-bond acceptors (Lipinski definition) is 5. The Hall–Kier alpha value is -2.38. The van der Waals surface area contributed by atoms with Crippen LogP contribution in [0.15, 0.2) is 64.6 Å². The van der Waals surface area contributed by atoms with E-state index in [1.807, 2.05) is 0 Å². The molecule has 128 valence electrons. The maximum absolute atomic E-state index is 12.6. The lowest BCUT2D eigenvalue weighted by molar-refractivity contribution is 0.0986. The van der Waals surface area contributed by atoms with Crippen LogP contribution in [0.2, 0.25) is 0 Å². The second kappa shape index (κ2) is 7.94. The zero-order chi connectivity index (χ0) is 17.6. The second-order valence-corrected chi connectivity index (χ2v) is 7.04. The summed E-state index contributed by atoms with van der Waals surface area (Å²) in [7, 11) is -2.08. The summed E-state index contributed by atoms with van der Waals surface area (Å²) in [5, 5.41) is 12.5. The van der Waals surface area contributed by atoms with Gasteiger partial charge in [0.25, 0.3) is 10.0 Å². The Bertz CT molecular complexity index is 787. The van der Waals surface area contributed by atoms with Crippen LogP contribution in [0.4, 0.5) is 5.69 Å². The minimum atomic E-state index is -3.59. The van der Waals surface area contributed by atoms with Gasteiger partial charge in [-0.3, -0.25) is 4.31 Å². The van der Waals surface area contributed by atoms with Crippen LogP contribution in [-0.4, -0.2) is 39.5 Å². The van der Waals surface area contributed by atoms with Gasteiger partial charge >= 0.3 is 0 Å². The fourth-order valence-corrected chi connectivity index (χ4v) is 3.25. The standard InChI is InChI=1S/C17H20N2O4S/c1-14(18-23-13-12-20)15-8-10-16(11-9-15)19(2)24(21,22)17-6-4-3-5-7-17/h3-11,20H,12-13H2,1-2H3/b18-14-. The molecule has 0 radical (unpaired) electrons. The third-order valence-corrected chi connectivity index (χ3v) is 5.23. The predicted molar refractivity (Wildman–Crippen MR) is 93.7 cm³/mol. The first-order chi connectivity index (χ1) is 11.5. The lowest BCUT2D eigenvalue weighted by Crippen LogP contribution is -2.26. The molecule has 0 saturated carbocycles. The van der Waals surface area contributed by atoms with Gasteiger partial charge in [0.1, 0.15) is 6.61 Å². The van der Waals surface area contributed by atoms with E-state index in [1.165, 1.54) is 11.4 Å². The van der Waals surface area contributed by atoms with Crippen LogP contribution in [0.3, 0.4) is 0 Å². The molecule has 0 aliphatic rings. The van der Waals surface area contributed by atoms with Gasteiger partial charge in [0.15, 0.2) is 0 Å². The summed E-state index contributed by atoms with van der Waals surface area (Å²) in [6, 6.07) is 15.2. The van der Waals surface area contributed by atoms with Crippen molar-refractivity contribution in [3.05, 3.63) is 60.2 Å². The van der Waals surface area contributed by atoms with E-state index >= 15 is 0 Å². The fourth-order valence-electron chi connectivity index (χ4n) is 2.04. The molecule has 0 heterocycles. The van der Waals surface area contributed by atoms with Crippen molar-refractivity contribution >= 4 is 21.4 Å². The van der Waals surface area contributed by atoms with E-state index in [0.29, 0.717) is 11.4 Å². The van der Waals surface area contributed by atoms with Gasteiger partial charge in [0.05, 0.1) is 22.9 Å². The minimum absolute atomic E-state index is 0.0993. The van der Waals surface area contributed by atoms with Crippen molar-refractivity contribution in [1.82, 2.24) is 0 Å². The number of aliphatic hydroxyl groups is 1. The van der Waals surface area contributed by atoms with Gasteiger partial charge in [-0.2, -0.15) is 0 Å². The molecule has 0 aliphatic heterocycles. The molecule has 1 N–H and O–H groups in total. The number of rotatable bonds is 7. The molecule has 0 amide bonds. The summed E-state index contributed by atoms with van der Waals surface area (Å²) >= 11 is 0. The molecule has 0 fully saturated rings. The highest BCUT2D eigenvalue weighted by atomic mass is 32.2. The lowest BCUT2D eigenvalue weighted by atomic mass is 10.1. The van der Waals surface area contributed by atoms with E-state index in [4.69, 9.17) is 9.94 Å². The summed E-state index contributed by atoms with van der Waals surface area (Å²) in [5.74, 6) is 0. The maximum atomic E-state index is 12.6. The van der Waals surface area contributed by atoms with Gasteiger partial charge in [0, 0.05) is 7.05 Å². The average Bonchev–Trinajstić information content (AvgIpc) is 2.62. The van der Waals surface area contributed by atoms with Gasteiger partial charge in [-0.25, -0.2) is 8.42 Å². The van der Waals surface area contributed by atoms with Crippen LogP contribution in [0.25, 0.3) is 0 Å². The number of hydrogen-bond donors (Lipinski definition) is 1. The molecular formula is C17H20N2O4S. The molecule has 0 saturated heterocycles. The Morgan fingerprint density at radius 3 is 2.33 bits per heavy atom. The smallest absolute Gasteiger partial charge is 0.264 e. The molecule has 2 aromatic rings. The number of nitrogens with zero attached hydrogens (tertiary/aromatic N) is 2. The monoisotopic (exact) mass is 348 g/mol. The second-order valence-electron chi connectivity index (χ2n) is 5.07. The van der Waals surface area contributed by atoms with E-state index in [0.717, 1.165) is 5.56 Å². The molecule has 2 rings (SSSR count). The largest absolute Gasteiger partial charge is 0.393 e. The SMILES string of the molecule is C/C(=N/OCCO)c1ccc(N(C)S(=O)(=O)c2ccccc2)cc1. The number of oxime groups is 1. The molecular weight excluding hydrogens is 328 g/mol. The third kappa shape index (κ3) is 4.12. The number of benzene rings is 2. The van der Waals surface area contributed by atoms with Crippen molar-refractivity contribution < 1.29 is 18.4 Å². The molecule has 24 heavy (non-hydrogen) atoms. The molecule has 0 atom stereocenters. The van der Waals surface area contributed by atoms with Gasteiger partial charge in [-0.1, -0.05) is 35.5 Å². The molecule has 0 spiro atoms. The Labute approximate surface area is 142 Å². The number of aliphatic hydroxyl groups excluding tert-OH is 1. The first-order valence-corrected chi connectivity index (χ1v) is 8.82. The van der Waals surface area contributed by atoms with E-state index in [2.05, 4.69) is 5.16 Å². The van der Waals surface area contributed by atoms with Gasteiger partial charge in [-0.15, -0.1) is 0 Å². The number of anilines is 1. The Morgan fingerprint density at radius 1 is 1.12 bits per heavy atom. The van der Waals surface area contributed by atoms with Crippen LogP contribution >= 0.6 is 0 Å². The molecule has 7 heteroatoms. The zero-order valence-electron chi connectivity index (χ0n) is 13.6. The Balaban J connectivity index is 2.20. The predicted octanol–water partition coefficient (Wildman–Crippen LogP) is 2.24. The first-order valence-electron chi connectivity index (χ1n) is 7.38. The maximum Gasteiger partial charge on any atom is 0.264 e. The highest BCUT2D eigenvalue weighted by Crippen LogP contribution is 2.22. The van der Waals surface area contributed by atoms with E-state index in [1.54, 1.807) is 61.5 Å². The van der Waals surface area contributed by atoms with Gasteiger partial charge < -0.3 is 9.94 Å². The van der Waals surface area contributed by atoms with E-state index < -0.39 is 10.0 Å². The summed E-state index contributed by atoms with van der Waals surface area (Å²) < 4.78 is 26.4. The van der Waals surface area contributed by atoms with Gasteiger partial charge in [0.2, 0.25) is 0 Å².